The third-order valence-corrected chi connectivity index (χ3v) is 5.72. The average Bonchev–Trinajstić information content (AvgIpc) is 3.11. The lowest BCUT2D eigenvalue weighted by Gasteiger charge is -2.10. The number of fused-ring (bicyclic) bond motifs is 1. The standard InChI is InChI=1S/C25H18Cl2O6/c1-13-6-18(32-25(29)15-9-16(30-2)11-17(10-15)31-3)12-21-23(13)24(28)22(33-21)8-14-4-5-19(26)20(27)7-14/h4-12H,1-3H3/b22-8-. The van der Waals surface area contributed by atoms with Crippen molar-refractivity contribution in [1.29, 1.82) is 0 Å². The fourth-order valence-corrected chi connectivity index (χ4v) is 3.69. The van der Waals surface area contributed by atoms with Crippen LogP contribution in [0.1, 0.15) is 31.8 Å². The molecule has 1 aliphatic rings. The van der Waals surface area contributed by atoms with E-state index < -0.39 is 5.97 Å². The highest BCUT2D eigenvalue weighted by molar-refractivity contribution is 6.42. The largest absolute Gasteiger partial charge is 0.497 e. The van der Waals surface area contributed by atoms with E-state index in [9.17, 15) is 9.59 Å². The Kier molecular flexibility index (Phi) is 6.31. The Morgan fingerprint density at radius 3 is 2.24 bits per heavy atom. The van der Waals surface area contributed by atoms with Crippen LogP contribution in [-0.4, -0.2) is 26.0 Å². The average molecular weight is 485 g/mol. The predicted molar refractivity (Wildman–Crippen MR) is 125 cm³/mol. The number of hydrogen-bond acceptors (Lipinski definition) is 6. The molecule has 0 saturated carbocycles. The molecule has 6 nitrogen and oxygen atoms in total. The van der Waals surface area contributed by atoms with Crippen LogP contribution in [0.2, 0.25) is 10.0 Å². The second kappa shape index (κ2) is 9.17. The van der Waals surface area contributed by atoms with Crippen molar-refractivity contribution < 1.29 is 28.5 Å². The Bertz CT molecular complexity index is 1290. The molecule has 0 spiro atoms. The molecule has 168 valence electrons. The Labute approximate surface area is 200 Å². The van der Waals surface area contributed by atoms with Gasteiger partial charge in [-0.05, 0) is 54.5 Å². The van der Waals surface area contributed by atoms with E-state index in [2.05, 4.69) is 0 Å². The lowest BCUT2D eigenvalue weighted by molar-refractivity contribution is 0.0733. The van der Waals surface area contributed by atoms with Crippen molar-refractivity contribution in [3.8, 4) is 23.0 Å². The van der Waals surface area contributed by atoms with Crippen molar-refractivity contribution in [3.05, 3.63) is 86.6 Å². The second-order valence-electron chi connectivity index (χ2n) is 7.22. The van der Waals surface area contributed by atoms with Gasteiger partial charge < -0.3 is 18.9 Å². The van der Waals surface area contributed by atoms with Gasteiger partial charge >= 0.3 is 5.97 Å². The number of hydrogen-bond donors (Lipinski definition) is 0. The number of carbonyl (C=O) groups excluding carboxylic acids is 2. The number of Topliss-reactive ketones (excluding diaryl/α,β-unsaturated/α-hetero) is 1. The number of halogens is 2. The highest BCUT2D eigenvalue weighted by Gasteiger charge is 2.30. The van der Waals surface area contributed by atoms with Gasteiger partial charge in [0, 0.05) is 12.1 Å². The zero-order chi connectivity index (χ0) is 23.7. The van der Waals surface area contributed by atoms with Gasteiger partial charge in [0.05, 0.1) is 35.4 Å². The number of allylic oxidation sites excluding steroid dienone is 1. The minimum atomic E-state index is -0.609. The highest BCUT2D eigenvalue weighted by Crippen LogP contribution is 2.38. The van der Waals surface area contributed by atoms with E-state index in [1.54, 1.807) is 55.5 Å². The molecule has 0 unspecified atom stereocenters. The molecule has 4 rings (SSSR count). The van der Waals surface area contributed by atoms with Crippen LogP contribution < -0.4 is 18.9 Å². The van der Waals surface area contributed by atoms with Crippen molar-refractivity contribution in [1.82, 2.24) is 0 Å². The number of benzene rings is 3. The smallest absolute Gasteiger partial charge is 0.343 e. The zero-order valence-electron chi connectivity index (χ0n) is 17.9. The normalized spacial score (nSPS) is 13.5. The van der Waals surface area contributed by atoms with E-state index in [1.807, 2.05) is 0 Å². The summed E-state index contributed by atoms with van der Waals surface area (Å²) in [6, 6.07) is 12.9. The van der Waals surface area contributed by atoms with Gasteiger partial charge in [-0.1, -0.05) is 29.3 Å². The minimum Gasteiger partial charge on any atom is -0.497 e. The first-order valence-electron chi connectivity index (χ1n) is 9.78. The maximum Gasteiger partial charge on any atom is 0.343 e. The first kappa shape index (κ1) is 22.7. The molecule has 0 fully saturated rings. The summed E-state index contributed by atoms with van der Waals surface area (Å²) in [7, 11) is 2.98. The van der Waals surface area contributed by atoms with Crippen molar-refractivity contribution in [2.45, 2.75) is 6.92 Å². The van der Waals surface area contributed by atoms with E-state index in [1.165, 1.54) is 20.3 Å². The van der Waals surface area contributed by atoms with Crippen LogP contribution in [0.3, 0.4) is 0 Å². The van der Waals surface area contributed by atoms with E-state index in [4.69, 9.17) is 42.1 Å². The molecule has 0 saturated heterocycles. The Morgan fingerprint density at radius 1 is 0.909 bits per heavy atom. The Balaban J connectivity index is 1.60. The highest BCUT2D eigenvalue weighted by atomic mass is 35.5. The first-order valence-corrected chi connectivity index (χ1v) is 10.5. The van der Waals surface area contributed by atoms with Gasteiger partial charge in [-0.2, -0.15) is 0 Å². The van der Waals surface area contributed by atoms with Crippen molar-refractivity contribution >= 4 is 41.0 Å². The molecule has 3 aromatic rings. The summed E-state index contributed by atoms with van der Waals surface area (Å²) in [5.74, 6) is 0.702. The third-order valence-electron chi connectivity index (χ3n) is 4.98. The summed E-state index contributed by atoms with van der Waals surface area (Å²) in [6.45, 7) is 1.74. The number of ether oxygens (including phenoxy) is 4. The molecule has 0 radical (unpaired) electrons. The van der Waals surface area contributed by atoms with Crippen LogP contribution >= 0.6 is 23.2 Å². The van der Waals surface area contributed by atoms with E-state index >= 15 is 0 Å². The van der Waals surface area contributed by atoms with Gasteiger partial charge in [0.2, 0.25) is 5.78 Å². The molecule has 3 aromatic carbocycles. The molecule has 0 bridgehead atoms. The summed E-state index contributed by atoms with van der Waals surface area (Å²) >= 11 is 12.0. The van der Waals surface area contributed by atoms with Gasteiger partial charge in [-0.3, -0.25) is 4.79 Å². The van der Waals surface area contributed by atoms with E-state index in [0.29, 0.717) is 44.0 Å². The lowest BCUT2D eigenvalue weighted by atomic mass is 10.0. The van der Waals surface area contributed by atoms with Crippen LogP contribution in [0.25, 0.3) is 6.08 Å². The molecule has 0 atom stereocenters. The summed E-state index contributed by atoms with van der Waals surface area (Å²) in [5.41, 5.74) is 1.93. The van der Waals surface area contributed by atoms with Crippen molar-refractivity contribution in [2.75, 3.05) is 14.2 Å². The molecule has 1 aliphatic heterocycles. The molecular formula is C25H18Cl2O6. The van der Waals surface area contributed by atoms with Crippen LogP contribution in [0.15, 0.2) is 54.3 Å². The quantitative estimate of drug-likeness (QED) is 0.245. The molecule has 33 heavy (non-hydrogen) atoms. The zero-order valence-corrected chi connectivity index (χ0v) is 19.4. The SMILES string of the molecule is COc1cc(OC)cc(C(=O)Oc2cc(C)c3c(c2)O/C(=C\c2ccc(Cl)c(Cl)c2)C3=O)c1. The van der Waals surface area contributed by atoms with Crippen LogP contribution in [0.5, 0.6) is 23.0 Å². The molecule has 1 heterocycles. The monoisotopic (exact) mass is 484 g/mol. The third kappa shape index (κ3) is 4.67. The number of aryl methyl sites for hydroxylation is 1. The van der Waals surface area contributed by atoms with Crippen LogP contribution in [0.4, 0.5) is 0 Å². The second-order valence-corrected chi connectivity index (χ2v) is 8.03. The Morgan fingerprint density at radius 2 is 1.61 bits per heavy atom. The van der Waals surface area contributed by atoms with Gasteiger partial charge in [-0.25, -0.2) is 4.79 Å². The molecule has 0 amide bonds. The molecular weight excluding hydrogens is 467 g/mol. The van der Waals surface area contributed by atoms with Gasteiger partial charge in [0.25, 0.3) is 0 Å². The first-order chi connectivity index (χ1) is 15.8. The summed E-state index contributed by atoms with van der Waals surface area (Å²) in [4.78, 5) is 25.6. The van der Waals surface area contributed by atoms with Crippen LogP contribution in [0, 0.1) is 6.92 Å². The fourth-order valence-electron chi connectivity index (χ4n) is 3.38. The number of esters is 1. The number of carbonyl (C=O) groups is 2. The maximum atomic E-state index is 12.9. The molecule has 0 N–H and O–H groups in total. The van der Waals surface area contributed by atoms with Gasteiger partial charge in [0.15, 0.2) is 5.76 Å². The Hall–Kier alpha value is -3.48. The van der Waals surface area contributed by atoms with E-state index in [-0.39, 0.29) is 22.9 Å². The number of ketones is 1. The summed E-state index contributed by atoms with van der Waals surface area (Å²) in [5, 5.41) is 0.783. The maximum absolute atomic E-state index is 12.9. The van der Waals surface area contributed by atoms with Crippen molar-refractivity contribution in [2.24, 2.45) is 0 Å². The lowest BCUT2D eigenvalue weighted by Crippen LogP contribution is -2.09. The number of methoxy groups -OCH3 is 2. The van der Waals surface area contributed by atoms with Gasteiger partial charge in [-0.15, -0.1) is 0 Å². The van der Waals surface area contributed by atoms with E-state index in [0.717, 1.165) is 0 Å². The molecule has 0 aromatic heterocycles. The summed E-state index contributed by atoms with van der Waals surface area (Å²) < 4.78 is 21.7. The minimum absolute atomic E-state index is 0.132. The topological polar surface area (TPSA) is 71.1 Å². The predicted octanol–water partition coefficient (Wildman–Crippen LogP) is 6.15. The number of rotatable bonds is 5. The molecule has 0 aliphatic carbocycles. The molecule has 8 heteroatoms. The van der Waals surface area contributed by atoms with Crippen molar-refractivity contribution in [3.63, 3.8) is 0 Å². The summed E-state index contributed by atoms with van der Waals surface area (Å²) in [6.07, 6.45) is 1.58. The fraction of sp³-hybridized carbons (Fsp3) is 0.120. The van der Waals surface area contributed by atoms with Gasteiger partial charge in [0.1, 0.15) is 23.0 Å². The van der Waals surface area contributed by atoms with Crippen LogP contribution in [-0.2, 0) is 0 Å².